The maximum Gasteiger partial charge on any atom is 0.175 e. The molecule has 1 aromatic carbocycles. The first kappa shape index (κ1) is 9.25. The van der Waals surface area contributed by atoms with Crippen molar-refractivity contribution >= 4 is 23.1 Å². The van der Waals surface area contributed by atoms with E-state index in [9.17, 15) is 12.8 Å². The highest BCUT2D eigenvalue weighted by Crippen LogP contribution is 2.06. The van der Waals surface area contributed by atoms with Gasteiger partial charge in [0.25, 0.3) is 0 Å². The van der Waals surface area contributed by atoms with Crippen molar-refractivity contribution < 1.29 is 12.8 Å². The topological polar surface area (TPSA) is 34.1 Å². The van der Waals surface area contributed by atoms with E-state index in [2.05, 4.69) is 0 Å². The maximum atomic E-state index is 12.6. The van der Waals surface area contributed by atoms with E-state index in [0.29, 0.717) is 0 Å². The van der Waals surface area contributed by atoms with Gasteiger partial charge >= 0.3 is 0 Å². The van der Waals surface area contributed by atoms with Crippen LogP contribution in [0.15, 0.2) is 23.1 Å². The van der Waals surface area contributed by atoms with Crippen molar-refractivity contribution in [1.82, 2.24) is 0 Å². The van der Waals surface area contributed by atoms with E-state index in [-0.39, 0.29) is 10.4 Å². The average molecular weight is 184 g/mol. The number of hydrogen-bond donors (Lipinski definition) is 0. The van der Waals surface area contributed by atoms with Crippen molar-refractivity contribution in [2.24, 2.45) is 0 Å². The van der Waals surface area contributed by atoms with Crippen LogP contribution in [0.25, 0.3) is 0 Å². The molecule has 0 heterocycles. The highest BCUT2D eigenvalue weighted by atomic mass is 32.2. The largest absolute Gasteiger partial charge is 0.224 e. The van der Waals surface area contributed by atoms with Crippen LogP contribution >= 0.6 is 0 Å². The highest BCUT2D eigenvalue weighted by molar-refractivity contribution is 7.90. The maximum absolute atomic E-state index is 12.6. The Hall–Kier alpha value is -0.835. The SMILES string of the molecule is [B]c1cc(S(C)(=O)=O)ccc1F. The summed E-state index contributed by atoms with van der Waals surface area (Å²) in [6.45, 7) is 0. The van der Waals surface area contributed by atoms with Crippen LogP contribution in [0.5, 0.6) is 0 Å². The zero-order valence-electron chi connectivity index (χ0n) is 6.41. The third kappa shape index (κ3) is 1.85. The van der Waals surface area contributed by atoms with Gasteiger partial charge < -0.3 is 0 Å². The molecule has 0 saturated carbocycles. The Balaban J connectivity index is 3.33. The van der Waals surface area contributed by atoms with E-state index in [1.807, 2.05) is 0 Å². The van der Waals surface area contributed by atoms with Crippen molar-refractivity contribution in [3.05, 3.63) is 24.0 Å². The molecule has 0 fully saturated rings. The standard InChI is InChI=1S/C7H6BFO2S/c1-12(10,11)5-2-3-7(9)6(8)4-5/h2-4H,1H3. The minimum absolute atomic E-state index is 0.0291. The molecular weight excluding hydrogens is 178 g/mol. The van der Waals surface area contributed by atoms with Gasteiger partial charge in [0.1, 0.15) is 13.7 Å². The molecule has 0 N–H and O–H groups in total. The summed E-state index contributed by atoms with van der Waals surface area (Å²) in [5.41, 5.74) is -0.155. The molecule has 12 heavy (non-hydrogen) atoms. The molecule has 0 aliphatic heterocycles. The lowest BCUT2D eigenvalue weighted by atomic mass is 9.96. The first-order valence-electron chi connectivity index (χ1n) is 3.16. The smallest absolute Gasteiger partial charge is 0.175 e. The summed E-state index contributed by atoms with van der Waals surface area (Å²) in [6.07, 6.45) is 1.04. The number of hydrogen-bond acceptors (Lipinski definition) is 2. The lowest BCUT2D eigenvalue weighted by Crippen LogP contribution is -2.11. The molecule has 0 amide bonds. The van der Waals surface area contributed by atoms with Crippen LogP contribution in [-0.2, 0) is 9.84 Å². The number of halogens is 1. The summed E-state index contributed by atoms with van der Waals surface area (Å²) in [5, 5.41) is 0. The number of sulfone groups is 1. The molecule has 5 heteroatoms. The van der Waals surface area contributed by atoms with E-state index < -0.39 is 15.7 Å². The Morgan fingerprint density at radius 1 is 1.42 bits per heavy atom. The van der Waals surface area contributed by atoms with E-state index in [1.165, 1.54) is 6.07 Å². The Morgan fingerprint density at radius 3 is 2.42 bits per heavy atom. The van der Waals surface area contributed by atoms with Gasteiger partial charge in [-0.3, -0.25) is 0 Å². The summed E-state index contributed by atoms with van der Waals surface area (Å²) in [5.74, 6) is -0.609. The van der Waals surface area contributed by atoms with E-state index in [4.69, 9.17) is 7.85 Å². The summed E-state index contributed by atoms with van der Waals surface area (Å²) in [6, 6.07) is 3.32. The van der Waals surface area contributed by atoms with Crippen LogP contribution in [0, 0.1) is 5.82 Å². The molecule has 0 aliphatic rings. The van der Waals surface area contributed by atoms with Crippen molar-refractivity contribution in [1.29, 1.82) is 0 Å². The van der Waals surface area contributed by atoms with Crippen molar-refractivity contribution in [2.75, 3.05) is 6.26 Å². The third-order valence-electron chi connectivity index (χ3n) is 1.40. The second-order valence-corrected chi connectivity index (χ2v) is 4.47. The lowest BCUT2D eigenvalue weighted by Gasteiger charge is -2.00. The molecule has 0 unspecified atom stereocenters. The second kappa shape index (κ2) is 2.90. The molecule has 0 saturated heterocycles. The predicted octanol–water partition coefficient (Wildman–Crippen LogP) is 0.0230. The third-order valence-corrected chi connectivity index (χ3v) is 2.51. The Bertz CT molecular complexity index is 400. The fourth-order valence-electron chi connectivity index (χ4n) is 0.752. The molecule has 0 bridgehead atoms. The Labute approximate surface area is 71.7 Å². The molecule has 1 rings (SSSR count). The molecular formula is C7H6BFO2S. The molecule has 2 nitrogen and oxygen atoms in total. The van der Waals surface area contributed by atoms with Gasteiger partial charge in [0.05, 0.1) is 4.90 Å². The van der Waals surface area contributed by atoms with Crippen LogP contribution in [0.4, 0.5) is 4.39 Å². The van der Waals surface area contributed by atoms with Crippen molar-refractivity contribution in [2.45, 2.75) is 4.90 Å². The van der Waals surface area contributed by atoms with Gasteiger partial charge in [0.15, 0.2) is 9.84 Å². The first-order valence-corrected chi connectivity index (χ1v) is 5.05. The Morgan fingerprint density at radius 2 is 2.00 bits per heavy atom. The number of rotatable bonds is 1. The van der Waals surface area contributed by atoms with Crippen LogP contribution < -0.4 is 5.46 Å². The molecule has 0 aromatic heterocycles. The van der Waals surface area contributed by atoms with Crippen molar-refractivity contribution in [3.8, 4) is 0 Å². The van der Waals surface area contributed by atoms with Crippen LogP contribution in [0.2, 0.25) is 0 Å². The van der Waals surface area contributed by atoms with Gasteiger partial charge in [-0.1, -0.05) is 5.46 Å². The summed E-state index contributed by atoms with van der Waals surface area (Å²) >= 11 is 0. The van der Waals surface area contributed by atoms with Gasteiger partial charge in [-0.05, 0) is 18.2 Å². The van der Waals surface area contributed by atoms with Gasteiger partial charge in [0.2, 0.25) is 0 Å². The summed E-state index contributed by atoms with van der Waals surface area (Å²) in [7, 11) is 1.89. The van der Waals surface area contributed by atoms with Gasteiger partial charge in [-0.2, -0.15) is 0 Å². The highest BCUT2D eigenvalue weighted by Gasteiger charge is 2.07. The minimum atomic E-state index is -3.29. The fourth-order valence-corrected chi connectivity index (χ4v) is 1.41. The first-order chi connectivity index (χ1) is 5.41. The second-order valence-electron chi connectivity index (χ2n) is 2.46. The molecule has 1 aromatic rings. The summed E-state index contributed by atoms with van der Waals surface area (Å²) < 4.78 is 34.4. The molecule has 62 valence electrons. The molecule has 2 radical (unpaired) electrons. The zero-order valence-corrected chi connectivity index (χ0v) is 7.23. The van der Waals surface area contributed by atoms with Crippen LogP contribution in [-0.4, -0.2) is 22.5 Å². The van der Waals surface area contributed by atoms with Crippen LogP contribution in [0.1, 0.15) is 0 Å². The molecule has 0 aliphatic carbocycles. The quantitative estimate of drug-likeness (QED) is 0.455. The number of benzene rings is 1. The van der Waals surface area contributed by atoms with Gasteiger partial charge in [-0.15, -0.1) is 0 Å². The molecule has 0 atom stereocenters. The lowest BCUT2D eigenvalue weighted by molar-refractivity contribution is 0.601. The van der Waals surface area contributed by atoms with E-state index in [0.717, 1.165) is 18.4 Å². The van der Waals surface area contributed by atoms with Gasteiger partial charge in [-0.25, -0.2) is 12.8 Å². The predicted molar refractivity (Wildman–Crippen MR) is 44.9 cm³/mol. The summed E-state index contributed by atoms with van der Waals surface area (Å²) in [4.78, 5) is 0.0291. The zero-order chi connectivity index (χ0) is 9.35. The minimum Gasteiger partial charge on any atom is -0.224 e. The van der Waals surface area contributed by atoms with Crippen molar-refractivity contribution in [3.63, 3.8) is 0 Å². The van der Waals surface area contributed by atoms with Crippen LogP contribution in [0.3, 0.4) is 0 Å². The van der Waals surface area contributed by atoms with E-state index in [1.54, 1.807) is 0 Å². The Kier molecular flexibility index (Phi) is 2.23. The monoisotopic (exact) mass is 184 g/mol. The van der Waals surface area contributed by atoms with E-state index >= 15 is 0 Å². The average Bonchev–Trinajstić information content (AvgIpc) is 1.92. The van der Waals surface area contributed by atoms with Gasteiger partial charge in [0, 0.05) is 6.26 Å². The fraction of sp³-hybridized carbons (Fsp3) is 0.143. The molecule has 0 spiro atoms. The normalized spacial score (nSPS) is 11.5.